The van der Waals surface area contributed by atoms with E-state index in [1.807, 2.05) is 0 Å². The molecule has 146 valence electrons. The van der Waals surface area contributed by atoms with Gasteiger partial charge in [-0.2, -0.15) is 13.2 Å². The van der Waals surface area contributed by atoms with Gasteiger partial charge in [0.25, 0.3) is 0 Å². The Hall–Kier alpha value is -2.19. The first-order valence-corrected chi connectivity index (χ1v) is 7.86. The van der Waals surface area contributed by atoms with Gasteiger partial charge in [-0.1, -0.05) is 0 Å². The lowest BCUT2D eigenvalue weighted by Crippen LogP contribution is -2.16. The first-order chi connectivity index (χ1) is 12.2. The molecule has 0 bridgehead atoms. The van der Waals surface area contributed by atoms with Crippen molar-refractivity contribution >= 4 is 24.0 Å². The maximum absolute atomic E-state index is 13.8. The summed E-state index contributed by atoms with van der Waals surface area (Å²) in [6.07, 6.45) is -4.27. The van der Waals surface area contributed by atoms with Crippen LogP contribution in [0.4, 0.5) is 27.6 Å². The van der Waals surface area contributed by atoms with E-state index in [-0.39, 0.29) is 35.8 Å². The highest BCUT2D eigenvalue weighted by Gasteiger charge is 2.45. The average Bonchev–Trinajstić information content (AvgIpc) is 3.36. The van der Waals surface area contributed by atoms with Crippen molar-refractivity contribution in [2.75, 3.05) is 5.32 Å². The van der Waals surface area contributed by atoms with E-state index in [4.69, 9.17) is 5.73 Å². The van der Waals surface area contributed by atoms with E-state index in [1.54, 1.807) is 0 Å². The van der Waals surface area contributed by atoms with Crippen LogP contribution in [0.3, 0.4) is 0 Å². The molecule has 0 aromatic heterocycles. The molecule has 3 nitrogen and oxygen atoms in total. The molecular weight excluding hydrogens is 391 g/mol. The Morgan fingerprint density at radius 2 is 1.85 bits per heavy atom. The minimum Gasteiger partial charge on any atom is -0.326 e. The summed E-state index contributed by atoms with van der Waals surface area (Å²) in [4.78, 5) is 12.3. The Bertz CT molecular complexity index is 856. The lowest BCUT2D eigenvalue weighted by atomic mass is 10.1. The van der Waals surface area contributed by atoms with Crippen molar-refractivity contribution in [3.63, 3.8) is 0 Å². The molecule has 0 spiro atoms. The van der Waals surface area contributed by atoms with Gasteiger partial charge >= 0.3 is 6.18 Å². The summed E-state index contributed by atoms with van der Waals surface area (Å²) < 4.78 is 65.8. The second kappa shape index (κ2) is 7.82. The predicted molar refractivity (Wildman–Crippen MR) is 92.4 cm³/mol. The molecule has 1 aliphatic rings. The zero-order chi connectivity index (χ0) is 19.1. The maximum atomic E-state index is 13.8. The van der Waals surface area contributed by atoms with Crippen LogP contribution >= 0.6 is 12.4 Å². The third-order valence-corrected chi connectivity index (χ3v) is 4.31. The highest BCUT2D eigenvalue weighted by Crippen LogP contribution is 2.49. The third-order valence-electron chi connectivity index (χ3n) is 4.31. The highest BCUT2D eigenvalue weighted by molar-refractivity contribution is 5.95. The van der Waals surface area contributed by atoms with Crippen molar-refractivity contribution in [1.82, 2.24) is 0 Å². The fourth-order valence-corrected chi connectivity index (χ4v) is 2.91. The maximum Gasteiger partial charge on any atom is 0.416 e. The summed E-state index contributed by atoms with van der Waals surface area (Å²) in [5.74, 6) is -2.89. The normalized spacial score (nSPS) is 18.6. The molecule has 1 fully saturated rings. The van der Waals surface area contributed by atoms with Crippen LogP contribution in [-0.4, -0.2) is 5.91 Å². The number of nitrogens with one attached hydrogen (secondary N) is 1. The summed E-state index contributed by atoms with van der Waals surface area (Å²) >= 11 is 0. The second-order valence-electron chi connectivity index (χ2n) is 6.22. The van der Waals surface area contributed by atoms with Crippen LogP contribution in [0.15, 0.2) is 36.4 Å². The standard InChI is InChI=1S/C18H15F5N2O.ClH/c19-11-1-2-16(20)14(6-11)13-7-15(13)17(26)25-12-4-9(8-24)3-10(5-12)18(21,22)23;/h1-6,13,15H,7-8,24H2,(H,25,26);1H. The van der Waals surface area contributed by atoms with Crippen LogP contribution < -0.4 is 11.1 Å². The van der Waals surface area contributed by atoms with Gasteiger partial charge in [0.2, 0.25) is 5.91 Å². The number of alkyl halides is 3. The third kappa shape index (κ3) is 4.75. The van der Waals surface area contributed by atoms with Gasteiger partial charge in [0.15, 0.2) is 0 Å². The first-order valence-electron chi connectivity index (χ1n) is 7.86. The summed E-state index contributed by atoms with van der Waals surface area (Å²) in [5, 5.41) is 2.41. The summed E-state index contributed by atoms with van der Waals surface area (Å²) in [6.45, 7) is -0.118. The minimum atomic E-state index is -4.57. The van der Waals surface area contributed by atoms with Crippen LogP contribution in [-0.2, 0) is 17.5 Å². The van der Waals surface area contributed by atoms with Crippen LogP contribution in [0.1, 0.15) is 29.0 Å². The van der Waals surface area contributed by atoms with Crippen molar-refractivity contribution in [3.8, 4) is 0 Å². The molecule has 3 N–H and O–H groups in total. The Morgan fingerprint density at radius 3 is 2.48 bits per heavy atom. The lowest BCUT2D eigenvalue weighted by molar-refractivity contribution is -0.137. The molecule has 0 saturated heterocycles. The largest absolute Gasteiger partial charge is 0.416 e. The summed E-state index contributed by atoms with van der Waals surface area (Å²) in [7, 11) is 0. The Labute approximate surface area is 158 Å². The molecule has 1 aliphatic carbocycles. The molecule has 27 heavy (non-hydrogen) atoms. The van der Waals surface area contributed by atoms with E-state index in [0.717, 1.165) is 30.3 Å². The number of hydrogen-bond acceptors (Lipinski definition) is 2. The zero-order valence-electron chi connectivity index (χ0n) is 13.8. The van der Waals surface area contributed by atoms with E-state index in [0.29, 0.717) is 6.42 Å². The van der Waals surface area contributed by atoms with Gasteiger partial charge in [-0.15, -0.1) is 12.4 Å². The van der Waals surface area contributed by atoms with Gasteiger partial charge in [-0.25, -0.2) is 8.78 Å². The number of benzene rings is 2. The van der Waals surface area contributed by atoms with Crippen molar-refractivity contribution in [3.05, 3.63) is 64.7 Å². The zero-order valence-corrected chi connectivity index (χ0v) is 14.6. The van der Waals surface area contributed by atoms with E-state index in [1.165, 1.54) is 6.07 Å². The number of halogens is 6. The number of rotatable bonds is 4. The Morgan fingerprint density at radius 1 is 1.15 bits per heavy atom. The van der Waals surface area contributed by atoms with Gasteiger partial charge in [-0.05, 0) is 59.9 Å². The number of hydrogen-bond donors (Lipinski definition) is 2. The summed E-state index contributed by atoms with van der Waals surface area (Å²) in [6, 6.07) is 6.08. The van der Waals surface area contributed by atoms with Crippen molar-refractivity contribution in [2.45, 2.75) is 25.1 Å². The molecular formula is C18H16ClF5N2O. The molecule has 2 unspecified atom stereocenters. The average molecular weight is 407 g/mol. The topological polar surface area (TPSA) is 55.1 Å². The Kier molecular flexibility index (Phi) is 6.11. The van der Waals surface area contributed by atoms with E-state index in [9.17, 15) is 26.7 Å². The van der Waals surface area contributed by atoms with Gasteiger partial charge in [0, 0.05) is 18.2 Å². The van der Waals surface area contributed by atoms with Crippen molar-refractivity contribution < 1.29 is 26.7 Å². The Balaban J connectivity index is 0.00000261. The van der Waals surface area contributed by atoms with Gasteiger partial charge in [0.05, 0.1) is 5.56 Å². The highest BCUT2D eigenvalue weighted by atomic mass is 35.5. The van der Waals surface area contributed by atoms with Gasteiger partial charge in [-0.3, -0.25) is 4.79 Å². The van der Waals surface area contributed by atoms with Crippen molar-refractivity contribution in [1.29, 1.82) is 0 Å². The molecule has 1 amide bonds. The van der Waals surface area contributed by atoms with Crippen LogP contribution in [0.5, 0.6) is 0 Å². The monoisotopic (exact) mass is 406 g/mol. The van der Waals surface area contributed by atoms with E-state index < -0.39 is 41.1 Å². The number of nitrogens with two attached hydrogens (primary N) is 1. The van der Waals surface area contributed by atoms with Crippen LogP contribution in [0.25, 0.3) is 0 Å². The van der Waals surface area contributed by atoms with Gasteiger partial charge < -0.3 is 11.1 Å². The molecule has 0 heterocycles. The predicted octanol–water partition coefficient (Wildman–Crippen LogP) is 4.61. The van der Waals surface area contributed by atoms with E-state index in [2.05, 4.69) is 5.32 Å². The van der Waals surface area contributed by atoms with E-state index >= 15 is 0 Å². The quantitative estimate of drug-likeness (QED) is 0.729. The second-order valence-corrected chi connectivity index (χ2v) is 6.22. The first kappa shape index (κ1) is 21.1. The molecule has 2 aromatic carbocycles. The number of amides is 1. The summed E-state index contributed by atoms with van der Waals surface area (Å²) in [5.41, 5.74) is 4.77. The molecule has 2 aromatic rings. The van der Waals surface area contributed by atoms with Crippen molar-refractivity contribution in [2.24, 2.45) is 11.7 Å². The van der Waals surface area contributed by atoms with Crippen LogP contribution in [0, 0.1) is 17.6 Å². The fourth-order valence-electron chi connectivity index (χ4n) is 2.91. The number of carbonyl (C=O) groups is 1. The van der Waals surface area contributed by atoms with Crippen LogP contribution in [0.2, 0.25) is 0 Å². The SMILES string of the molecule is Cl.NCc1cc(NC(=O)C2CC2c2cc(F)ccc2F)cc(C(F)(F)F)c1. The minimum absolute atomic E-state index is 0. The fraction of sp³-hybridized carbons (Fsp3) is 0.278. The molecule has 2 atom stereocenters. The number of anilines is 1. The number of carbonyl (C=O) groups excluding carboxylic acids is 1. The van der Waals surface area contributed by atoms with Gasteiger partial charge in [0.1, 0.15) is 11.6 Å². The molecule has 0 radical (unpaired) electrons. The smallest absolute Gasteiger partial charge is 0.326 e. The molecule has 0 aliphatic heterocycles. The molecule has 9 heteroatoms. The lowest BCUT2D eigenvalue weighted by Gasteiger charge is -2.12. The molecule has 3 rings (SSSR count). The molecule has 1 saturated carbocycles.